The zero-order chi connectivity index (χ0) is 32.9. The highest BCUT2D eigenvalue weighted by Gasteiger charge is 2.22. The number of aromatic nitrogens is 6. The predicted molar refractivity (Wildman–Crippen MR) is 197 cm³/mol. The Morgan fingerprint density at radius 2 is 1.31 bits per heavy atom. The molecule has 0 radical (unpaired) electrons. The Morgan fingerprint density at radius 3 is 2.10 bits per heavy atom. The monoisotopic (exact) mass is 632 g/mol. The minimum atomic E-state index is 0.534. The summed E-state index contributed by atoms with van der Waals surface area (Å²) in [7, 11) is 0. The molecule has 5 aromatic carbocycles. The van der Waals surface area contributed by atoms with Crippen molar-refractivity contribution < 1.29 is 4.42 Å². The highest BCUT2D eigenvalue weighted by atomic mass is 16.3. The molecular formula is C42H28N6O. The van der Waals surface area contributed by atoms with Crippen LogP contribution < -0.4 is 0 Å². The number of nitrogens with zero attached hydrogens (tertiary/aromatic N) is 6. The maximum absolute atomic E-state index is 6.39. The largest absolute Gasteiger partial charge is 0.437 e. The number of imidazole rings is 2. The van der Waals surface area contributed by atoms with Crippen LogP contribution in [0.2, 0.25) is 0 Å². The fraction of sp³-hybridized carbons (Fsp3) is 0. The molecule has 0 saturated heterocycles. The summed E-state index contributed by atoms with van der Waals surface area (Å²) < 4.78 is 10.7. The normalized spacial score (nSPS) is 12.0. The SMILES string of the molecule is C=C/C=C(\C=C)c1nc(-c2ccccc2)nc(-c2cccc(-c3ccc4c(c3)n(-c3ccccc3)c3nc5c6ccccc6oc5n43)c2)n1. The summed E-state index contributed by atoms with van der Waals surface area (Å²) in [6, 6.07) is 43.1. The molecule has 7 nitrogen and oxygen atoms in total. The van der Waals surface area contributed by atoms with Crippen LogP contribution in [0.1, 0.15) is 5.82 Å². The molecule has 4 heterocycles. The number of hydrogen-bond donors (Lipinski definition) is 0. The first-order valence-electron chi connectivity index (χ1n) is 16.0. The van der Waals surface area contributed by atoms with Crippen LogP contribution >= 0.6 is 0 Å². The smallest absolute Gasteiger partial charge is 0.234 e. The fourth-order valence-electron chi connectivity index (χ4n) is 6.45. The topological polar surface area (TPSA) is 74.0 Å². The van der Waals surface area contributed by atoms with Gasteiger partial charge in [0.15, 0.2) is 17.5 Å². The Balaban J connectivity index is 1.23. The predicted octanol–water partition coefficient (Wildman–Crippen LogP) is 10.1. The molecule has 0 fully saturated rings. The number of fused-ring (bicyclic) bond motifs is 7. The molecule has 0 aliphatic rings. The Labute approximate surface area is 281 Å². The summed E-state index contributed by atoms with van der Waals surface area (Å²) >= 11 is 0. The van der Waals surface area contributed by atoms with Crippen LogP contribution in [0.15, 0.2) is 163 Å². The van der Waals surface area contributed by atoms with Gasteiger partial charge >= 0.3 is 0 Å². The second-order valence-corrected chi connectivity index (χ2v) is 11.7. The highest BCUT2D eigenvalue weighted by molar-refractivity contribution is 6.05. The first-order valence-corrected chi connectivity index (χ1v) is 16.0. The van der Waals surface area contributed by atoms with Crippen LogP contribution in [0, 0.1) is 0 Å². The lowest BCUT2D eigenvalue weighted by Gasteiger charge is -2.10. The molecule has 0 aliphatic heterocycles. The van der Waals surface area contributed by atoms with E-state index in [0.717, 1.165) is 72.5 Å². The van der Waals surface area contributed by atoms with Crippen molar-refractivity contribution in [2.45, 2.75) is 0 Å². The highest BCUT2D eigenvalue weighted by Crippen LogP contribution is 2.36. The lowest BCUT2D eigenvalue weighted by atomic mass is 10.0. The molecule has 0 unspecified atom stereocenters. The van der Waals surface area contributed by atoms with Gasteiger partial charge < -0.3 is 4.42 Å². The van der Waals surface area contributed by atoms with Gasteiger partial charge in [0.1, 0.15) is 11.1 Å². The molecular weight excluding hydrogens is 605 g/mol. The van der Waals surface area contributed by atoms with Crippen molar-refractivity contribution in [2.24, 2.45) is 0 Å². The molecule has 49 heavy (non-hydrogen) atoms. The Kier molecular flexibility index (Phi) is 6.62. The summed E-state index contributed by atoms with van der Waals surface area (Å²) in [6.45, 7) is 7.83. The maximum Gasteiger partial charge on any atom is 0.234 e. The van der Waals surface area contributed by atoms with Gasteiger partial charge in [-0.3, -0.25) is 4.57 Å². The first kappa shape index (κ1) is 28.4. The van der Waals surface area contributed by atoms with Gasteiger partial charge in [0.05, 0.1) is 11.0 Å². The van der Waals surface area contributed by atoms with Crippen molar-refractivity contribution in [1.82, 2.24) is 28.9 Å². The standard InChI is InChI=1S/C42H28N6O/c1-3-14-27(4-2)38-44-39(28-15-7-5-8-16-28)46-40(45-38)31-18-13-17-29(25-31)30-23-24-34-35(26-30)47(32-19-9-6-10-20-32)42-43-37-33-21-11-12-22-36(33)49-41(37)48(34)42/h3-26H,1-2H2/b27-14+. The van der Waals surface area contributed by atoms with E-state index in [-0.39, 0.29) is 0 Å². The minimum Gasteiger partial charge on any atom is -0.437 e. The van der Waals surface area contributed by atoms with Gasteiger partial charge in [-0.1, -0.05) is 116 Å². The van der Waals surface area contributed by atoms with Crippen LogP contribution in [0.3, 0.4) is 0 Å². The van der Waals surface area contributed by atoms with Gasteiger partial charge in [-0.25, -0.2) is 24.3 Å². The van der Waals surface area contributed by atoms with Crippen molar-refractivity contribution in [3.8, 4) is 39.6 Å². The summed E-state index contributed by atoms with van der Waals surface area (Å²) in [6.07, 6.45) is 5.30. The molecule has 232 valence electrons. The van der Waals surface area contributed by atoms with Crippen molar-refractivity contribution in [1.29, 1.82) is 0 Å². The first-order chi connectivity index (χ1) is 24.2. The summed E-state index contributed by atoms with van der Waals surface area (Å²) in [5, 5.41) is 1.000. The van der Waals surface area contributed by atoms with Gasteiger partial charge in [-0.05, 0) is 53.6 Å². The molecule has 0 bridgehead atoms. The second kappa shape index (κ2) is 11.4. The zero-order valence-electron chi connectivity index (χ0n) is 26.4. The number of furan rings is 1. The third-order valence-electron chi connectivity index (χ3n) is 8.73. The molecule has 0 amide bonds. The summed E-state index contributed by atoms with van der Waals surface area (Å²) in [5.41, 5.74) is 10.0. The molecule has 0 spiro atoms. The Bertz CT molecular complexity index is 2750. The van der Waals surface area contributed by atoms with Gasteiger partial charge in [0.2, 0.25) is 11.5 Å². The van der Waals surface area contributed by atoms with Crippen LogP contribution in [-0.4, -0.2) is 28.9 Å². The molecule has 0 aliphatic carbocycles. The molecule has 9 aromatic rings. The lowest BCUT2D eigenvalue weighted by Crippen LogP contribution is -2.02. The number of para-hydroxylation sites is 2. The van der Waals surface area contributed by atoms with E-state index in [1.165, 1.54) is 0 Å². The molecule has 0 N–H and O–H groups in total. The molecule has 0 saturated carbocycles. The molecule has 7 heteroatoms. The fourth-order valence-corrected chi connectivity index (χ4v) is 6.45. The van der Waals surface area contributed by atoms with Crippen LogP contribution in [0.25, 0.3) is 84.2 Å². The van der Waals surface area contributed by atoms with Crippen LogP contribution in [-0.2, 0) is 0 Å². The zero-order valence-corrected chi connectivity index (χ0v) is 26.4. The summed E-state index contributed by atoms with van der Waals surface area (Å²) in [5.74, 6) is 2.49. The third-order valence-corrected chi connectivity index (χ3v) is 8.73. The van der Waals surface area contributed by atoms with E-state index < -0.39 is 0 Å². The van der Waals surface area contributed by atoms with Crippen molar-refractivity contribution in [3.63, 3.8) is 0 Å². The number of rotatable bonds is 7. The summed E-state index contributed by atoms with van der Waals surface area (Å²) in [4.78, 5) is 19.7. The average Bonchev–Trinajstić information content (AvgIpc) is 3.81. The quantitative estimate of drug-likeness (QED) is 0.164. The molecule has 0 atom stereocenters. The van der Waals surface area contributed by atoms with Crippen LogP contribution in [0.5, 0.6) is 0 Å². The maximum atomic E-state index is 6.39. The number of allylic oxidation sites excluding steroid dienone is 4. The van der Waals surface area contributed by atoms with E-state index in [4.69, 9.17) is 24.4 Å². The minimum absolute atomic E-state index is 0.534. The van der Waals surface area contributed by atoms with Crippen molar-refractivity contribution >= 4 is 44.6 Å². The van der Waals surface area contributed by atoms with Crippen molar-refractivity contribution in [2.75, 3.05) is 0 Å². The van der Waals surface area contributed by atoms with Crippen molar-refractivity contribution in [3.05, 3.63) is 165 Å². The third kappa shape index (κ3) is 4.67. The van der Waals surface area contributed by atoms with Gasteiger partial charge in [-0.15, -0.1) is 0 Å². The average molecular weight is 633 g/mol. The van der Waals surface area contributed by atoms with Gasteiger partial charge in [-0.2, -0.15) is 0 Å². The number of benzene rings is 5. The second-order valence-electron chi connectivity index (χ2n) is 11.7. The van der Waals surface area contributed by atoms with E-state index in [1.807, 2.05) is 84.9 Å². The lowest BCUT2D eigenvalue weighted by molar-refractivity contribution is 0.651. The van der Waals surface area contributed by atoms with E-state index in [0.29, 0.717) is 17.5 Å². The van der Waals surface area contributed by atoms with E-state index >= 15 is 0 Å². The van der Waals surface area contributed by atoms with Gasteiger partial charge in [0, 0.05) is 27.8 Å². The number of hydrogen-bond acceptors (Lipinski definition) is 5. The van der Waals surface area contributed by atoms with E-state index in [1.54, 1.807) is 12.2 Å². The molecule has 4 aromatic heterocycles. The van der Waals surface area contributed by atoms with E-state index in [2.05, 4.69) is 70.7 Å². The Hall–Kier alpha value is -6.86. The van der Waals surface area contributed by atoms with Crippen LogP contribution in [0.4, 0.5) is 0 Å². The molecule has 9 rings (SSSR count). The van der Waals surface area contributed by atoms with E-state index in [9.17, 15) is 0 Å². The Morgan fingerprint density at radius 1 is 0.612 bits per heavy atom. The van der Waals surface area contributed by atoms with Gasteiger partial charge in [0.25, 0.3) is 0 Å².